The zero-order valence-electron chi connectivity index (χ0n) is 15.3. The molecule has 9 nitrogen and oxygen atoms in total. The van der Waals surface area contributed by atoms with E-state index in [1.54, 1.807) is 12.1 Å². The molecule has 0 saturated heterocycles. The van der Waals surface area contributed by atoms with Crippen LogP contribution in [-0.4, -0.2) is 19.2 Å². The fourth-order valence-corrected chi connectivity index (χ4v) is 3.06. The fourth-order valence-electron chi connectivity index (χ4n) is 2.57. The van der Waals surface area contributed by atoms with Gasteiger partial charge in [0.15, 0.2) is 0 Å². The molecule has 3 rings (SSSR count). The van der Waals surface area contributed by atoms with Crippen LogP contribution in [0.2, 0.25) is 15.1 Å². The van der Waals surface area contributed by atoms with Crippen molar-refractivity contribution in [3.8, 4) is 5.75 Å². The summed E-state index contributed by atoms with van der Waals surface area (Å²) in [4.78, 5) is 12.4. The first-order valence-electron chi connectivity index (χ1n) is 8.65. The summed E-state index contributed by atoms with van der Waals surface area (Å²) < 4.78 is 6.35. The van der Waals surface area contributed by atoms with Gasteiger partial charge in [-0.05, 0) is 31.2 Å². The highest BCUT2D eigenvalue weighted by Gasteiger charge is 2.22. The monoisotopic (exact) mass is 471 g/mol. The van der Waals surface area contributed by atoms with Crippen LogP contribution in [0.1, 0.15) is 6.42 Å². The number of nitrogens with one attached hydrogen (secondary N) is 2. The predicted molar refractivity (Wildman–Crippen MR) is 115 cm³/mol. The number of nitrogens with two attached hydrogens (primary N) is 1. The van der Waals surface area contributed by atoms with Gasteiger partial charge in [0.1, 0.15) is 5.75 Å². The minimum atomic E-state index is -0.787. The largest absolute Gasteiger partial charge is 0.710 e. The van der Waals surface area contributed by atoms with Crippen LogP contribution in [0.15, 0.2) is 36.5 Å². The van der Waals surface area contributed by atoms with Crippen molar-refractivity contribution >= 4 is 63.4 Å². The van der Waals surface area contributed by atoms with Crippen molar-refractivity contribution in [3.05, 3.63) is 62.0 Å². The molecule has 3 aromatic rings. The van der Waals surface area contributed by atoms with E-state index >= 15 is 0 Å². The maximum Gasteiger partial charge on any atom is 0.411 e. The van der Waals surface area contributed by atoms with Gasteiger partial charge in [-0.25, -0.2) is 9.52 Å². The third kappa shape index (κ3) is 4.88. The summed E-state index contributed by atoms with van der Waals surface area (Å²) in [6.07, 6.45) is 1.54. The Morgan fingerprint density at radius 2 is 1.77 bits per heavy atom. The Labute approximate surface area is 186 Å². The number of benzene rings is 2. The van der Waals surface area contributed by atoms with Crippen molar-refractivity contribution in [2.75, 3.05) is 23.8 Å². The van der Waals surface area contributed by atoms with Gasteiger partial charge in [0, 0.05) is 17.2 Å². The molecule has 1 aromatic heterocycles. The summed E-state index contributed by atoms with van der Waals surface area (Å²) in [5.41, 5.74) is 5.66. The zero-order valence-corrected chi connectivity index (χ0v) is 17.6. The summed E-state index contributed by atoms with van der Waals surface area (Å²) in [6.45, 7) is 0.798. The van der Waals surface area contributed by atoms with Crippen LogP contribution in [0.4, 0.5) is 16.3 Å². The summed E-state index contributed by atoms with van der Waals surface area (Å²) in [5, 5.41) is 30.3. The number of fused-ring (bicyclic) bond motifs is 1. The number of carbonyl (C=O) groups excluding carboxylic acids is 1. The number of amides is 2. The molecule has 158 valence electrons. The Bertz CT molecular complexity index is 1110. The van der Waals surface area contributed by atoms with Gasteiger partial charge in [-0.2, -0.15) is 10.0 Å². The molecule has 0 atom stereocenters. The molecular formula is C18H16Cl3N5O4. The number of nitrogens with zero attached hydrogens (tertiary/aromatic N) is 2. The summed E-state index contributed by atoms with van der Waals surface area (Å²) in [7, 11) is 0. The Hall–Kier alpha value is -2.72. The van der Waals surface area contributed by atoms with Gasteiger partial charge in [-0.3, -0.25) is 5.32 Å². The fraction of sp³-hybridized carbons (Fsp3) is 0.167. The van der Waals surface area contributed by atoms with Crippen LogP contribution >= 0.6 is 34.8 Å². The van der Waals surface area contributed by atoms with Gasteiger partial charge in [0.2, 0.25) is 5.52 Å². The molecule has 0 aliphatic rings. The Morgan fingerprint density at radius 3 is 2.47 bits per heavy atom. The standard InChI is InChI=1S/C18H16Cl3N5O4/c19-10-2-3-16(30-5-1-4-22)13(6-10)23-18(27)24-17-9-25(28)14-7-11(20)12(21)8-15(14)26(17)29/h2-3,6-9H,1,4-5,22H2,(H2,23,24,27). The lowest BCUT2D eigenvalue weighted by Gasteiger charge is -2.14. The summed E-state index contributed by atoms with van der Waals surface area (Å²) >= 11 is 17.8. The predicted octanol–water partition coefficient (Wildman–Crippen LogP) is 3.44. The Balaban J connectivity index is 1.85. The second-order valence-electron chi connectivity index (χ2n) is 6.10. The molecule has 0 aliphatic heterocycles. The average Bonchev–Trinajstić information content (AvgIpc) is 2.69. The smallest absolute Gasteiger partial charge is 0.411 e. The number of rotatable bonds is 6. The number of hydrogen-bond acceptors (Lipinski definition) is 5. The third-order valence-corrected chi connectivity index (χ3v) is 4.93. The molecule has 0 fully saturated rings. The Morgan fingerprint density at radius 1 is 1.07 bits per heavy atom. The zero-order chi connectivity index (χ0) is 21.8. The van der Waals surface area contributed by atoms with Crippen molar-refractivity contribution in [3.63, 3.8) is 0 Å². The highest BCUT2D eigenvalue weighted by molar-refractivity contribution is 6.42. The quantitative estimate of drug-likeness (QED) is 0.287. The highest BCUT2D eigenvalue weighted by atomic mass is 35.5. The number of urea groups is 1. The molecule has 0 radical (unpaired) electrons. The topological polar surface area (TPSA) is 130 Å². The maximum absolute atomic E-state index is 12.6. The molecule has 0 aliphatic carbocycles. The summed E-state index contributed by atoms with van der Waals surface area (Å²) in [5.74, 6) is 0.0536. The van der Waals surface area contributed by atoms with E-state index in [1.165, 1.54) is 18.2 Å². The van der Waals surface area contributed by atoms with Crippen LogP contribution in [0.5, 0.6) is 5.75 Å². The molecule has 0 bridgehead atoms. The lowest BCUT2D eigenvalue weighted by Crippen LogP contribution is -2.42. The van der Waals surface area contributed by atoms with Gasteiger partial charge in [-0.1, -0.05) is 34.8 Å². The molecule has 4 N–H and O–H groups in total. The van der Waals surface area contributed by atoms with Crippen LogP contribution in [0.25, 0.3) is 11.0 Å². The van der Waals surface area contributed by atoms with Gasteiger partial charge in [-0.15, -0.1) is 0 Å². The number of aromatic nitrogens is 2. The summed E-state index contributed by atoms with van der Waals surface area (Å²) in [6, 6.07) is 6.40. The number of ether oxygens (including phenoxy) is 1. The first kappa shape index (κ1) is 22.0. The highest BCUT2D eigenvalue weighted by Crippen LogP contribution is 2.28. The molecule has 0 unspecified atom stereocenters. The van der Waals surface area contributed by atoms with Crippen LogP contribution in [0.3, 0.4) is 0 Å². The van der Waals surface area contributed by atoms with Crippen molar-refractivity contribution in [2.24, 2.45) is 5.73 Å². The second kappa shape index (κ2) is 9.40. The van der Waals surface area contributed by atoms with Gasteiger partial charge in [0.05, 0.1) is 22.3 Å². The SMILES string of the molecule is NCCCOc1ccc(Cl)cc1NC(=O)Nc1c[n+]([O-])c2cc(Cl)c(Cl)cc2[n+]1[O-]. The van der Waals surface area contributed by atoms with Crippen molar-refractivity contribution in [1.82, 2.24) is 0 Å². The van der Waals surface area contributed by atoms with E-state index in [2.05, 4.69) is 10.6 Å². The number of anilines is 2. The molecule has 0 saturated carbocycles. The molecule has 2 amide bonds. The maximum atomic E-state index is 12.6. The molecular weight excluding hydrogens is 457 g/mol. The molecule has 30 heavy (non-hydrogen) atoms. The molecule has 0 spiro atoms. The number of halogens is 3. The minimum Gasteiger partial charge on any atom is -0.710 e. The van der Waals surface area contributed by atoms with Crippen molar-refractivity contribution in [2.45, 2.75) is 6.42 Å². The van der Waals surface area contributed by atoms with Gasteiger partial charge < -0.3 is 20.9 Å². The van der Waals surface area contributed by atoms with E-state index in [0.29, 0.717) is 39.8 Å². The second-order valence-corrected chi connectivity index (χ2v) is 7.35. The lowest BCUT2D eigenvalue weighted by molar-refractivity contribution is -0.618. The van der Waals surface area contributed by atoms with E-state index in [1.807, 2.05) is 0 Å². The Kier molecular flexibility index (Phi) is 6.88. The first-order chi connectivity index (χ1) is 14.3. The molecule has 12 heteroatoms. The van der Waals surface area contributed by atoms with Gasteiger partial charge >= 0.3 is 11.8 Å². The minimum absolute atomic E-state index is 0.00390. The average molecular weight is 473 g/mol. The van der Waals surface area contributed by atoms with Crippen LogP contribution < -0.4 is 30.6 Å². The van der Waals surface area contributed by atoms with Gasteiger partial charge in [0.25, 0.3) is 11.7 Å². The van der Waals surface area contributed by atoms with E-state index in [4.69, 9.17) is 45.3 Å². The van der Waals surface area contributed by atoms with Crippen LogP contribution in [-0.2, 0) is 0 Å². The first-order valence-corrected chi connectivity index (χ1v) is 9.78. The molecule has 1 heterocycles. The number of hydrogen-bond donors (Lipinski definition) is 3. The van der Waals surface area contributed by atoms with E-state index in [9.17, 15) is 15.2 Å². The third-order valence-electron chi connectivity index (χ3n) is 3.97. The lowest BCUT2D eigenvalue weighted by atomic mass is 10.3. The van der Waals surface area contributed by atoms with Crippen molar-refractivity contribution in [1.29, 1.82) is 0 Å². The van der Waals surface area contributed by atoms with Crippen LogP contribution in [0, 0.1) is 10.4 Å². The van der Waals surface area contributed by atoms with E-state index in [0.717, 1.165) is 6.20 Å². The van der Waals surface area contributed by atoms with E-state index in [-0.39, 0.29) is 32.6 Å². The van der Waals surface area contributed by atoms with Crippen molar-refractivity contribution < 1.29 is 19.0 Å². The normalized spacial score (nSPS) is 10.8. The van der Waals surface area contributed by atoms with E-state index < -0.39 is 6.03 Å². The molecule has 2 aromatic carbocycles. The number of carbonyl (C=O) groups is 1.